The van der Waals surface area contributed by atoms with Crippen molar-refractivity contribution in [1.82, 2.24) is 0 Å². The fourth-order valence-electron chi connectivity index (χ4n) is 2.10. The first-order chi connectivity index (χ1) is 10.7. The lowest BCUT2D eigenvalue weighted by atomic mass is 10.1. The summed E-state index contributed by atoms with van der Waals surface area (Å²) in [6.07, 6.45) is 4.54. The van der Waals surface area contributed by atoms with Gasteiger partial charge in [0.2, 0.25) is 0 Å². The van der Waals surface area contributed by atoms with Crippen molar-refractivity contribution in [2.24, 2.45) is 0 Å². The maximum absolute atomic E-state index is 9.86. The zero-order valence-electron chi connectivity index (χ0n) is 13.0. The van der Waals surface area contributed by atoms with E-state index in [-0.39, 0.29) is 5.75 Å². The minimum absolute atomic E-state index is 0.258. The van der Waals surface area contributed by atoms with Crippen LogP contribution in [0.1, 0.15) is 11.1 Å². The van der Waals surface area contributed by atoms with E-state index < -0.39 is 0 Å². The van der Waals surface area contributed by atoms with Gasteiger partial charge in [-0.25, -0.2) is 0 Å². The van der Waals surface area contributed by atoms with E-state index in [4.69, 9.17) is 14.2 Å². The molecule has 0 bridgehead atoms. The van der Waals surface area contributed by atoms with Crippen LogP contribution in [0.5, 0.6) is 23.0 Å². The highest BCUT2D eigenvalue weighted by Gasteiger charge is 2.02. The van der Waals surface area contributed by atoms with E-state index in [1.165, 1.54) is 0 Å². The van der Waals surface area contributed by atoms with Crippen molar-refractivity contribution in [2.45, 2.75) is 6.42 Å². The van der Waals surface area contributed by atoms with Crippen LogP contribution in [0.3, 0.4) is 0 Å². The quantitative estimate of drug-likeness (QED) is 0.884. The highest BCUT2D eigenvalue weighted by atomic mass is 16.5. The first kappa shape index (κ1) is 15.8. The van der Waals surface area contributed by atoms with Gasteiger partial charge in [0, 0.05) is 11.6 Å². The van der Waals surface area contributed by atoms with E-state index in [0.29, 0.717) is 6.42 Å². The Morgan fingerprint density at radius 2 is 1.50 bits per heavy atom. The SMILES string of the molecule is COc1cc(/C=C/Cc2cc(OC)ccc2O)cc(OC)c1. The van der Waals surface area contributed by atoms with Crippen LogP contribution in [0.2, 0.25) is 0 Å². The number of ether oxygens (including phenoxy) is 3. The molecule has 116 valence electrons. The van der Waals surface area contributed by atoms with Crippen LogP contribution in [0.4, 0.5) is 0 Å². The number of phenolic OH excluding ortho intramolecular Hbond substituents is 1. The molecule has 0 saturated heterocycles. The molecule has 22 heavy (non-hydrogen) atoms. The average molecular weight is 300 g/mol. The van der Waals surface area contributed by atoms with Crippen molar-refractivity contribution in [2.75, 3.05) is 21.3 Å². The minimum Gasteiger partial charge on any atom is -0.508 e. The number of methoxy groups -OCH3 is 3. The van der Waals surface area contributed by atoms with Crippen molar-refractivity contribution in [3.8, 4) is 23.0 Å². The Kier molecular flexibility index (Phi) is 5.31. The normalized spacial score (nSPS) is 10.7. The average Bonchev–Trinajstić information content (AvgIpc) is 2.56. The van der Waals surface area contributed by atoms with Crippen LogP contribution < -0.4 is 14.2 Å². The van der Waals surface area contributed by atoms with Gasteiger partial charge in [0.1, 0.15) is 23.0 Å². The Labute approximate surface area is 130 Å². The van der Waals surface area contributed by atoms with Crippen LogP contribution in [-0.4, -0.2) is 26.4 Å². The molecule has 0 amide bonds. The van der Waals surface area contributed by atoms with Crippen molar-refractivity contribution >= 4 is 6.08 Å². The molecule has 2 aromatic rings. The molecule has 0 heterocycles. The van der Waals surface area contributed by atoms with Gasteiger partial charge >= 0.3 is 0 Å². The van der Waals surface area contributed by atoms with Gasteiger partial charge in [0.25, 0.3) is 0 Å². The zero-order chi connectivity index (χ0) is 15.9. The van der Waals surface area contributed by atoms with E-state index in [0.717, 1.165) is 28.4 Å². The molecule has 0 unspecified atom stereocenters. The number of phenols is 1. The summed E-state index contributed by atoms with van der Waals surface area (Å²) in [5, 5.41) is 9.86. The summed E-state index contributed by atoms with van der Waals surface area (Å²) in [5.74, 6) is 2.46. The summed E-state index contributed by atoms with van der Waals surface area (Å²) in [6, 6.07) is 10.9. The predicted octanol–water partition coefficient (Wildman–Crippen LogP) is 3.67. The highest BCUT2D eigenvalue weighted by Crippen LogP contribution is 2.25. The molecule has 0 spiro atoms. The molecule has 0 radical (unpaired) electrons. The van der Waals surface area contributed by atoms with Gasteiger partial charge in [-0.2, -0.15) is 0 Å². The van der Waals surface area contributed by atoms with Crippen molar-refractivity contribution in [3.05, 3.63) is 53.6 Å². The van der Waals surface area contributed by atoms with E-state index in [9.17, 15) is 5.11 Å². The Hall–Kier alpha value is -2.62. The second-order valence-electron chi connectivity index (χ2n) is 4.75. The first-order valence-corrected chi connectivity index (χ1v) is 6.91. The summed E-state index contributed by atoms with van der Waals surface area (Å²) in [6.45, 7) is 0. The predicted molar refractivity (Wildman–Crippen MR) is 86.9 cm³/mol. The standard InChI is InChI=1S/C18H20O4/c1-20-15-7-8-18(19)14(11-15)6-4-5-13-9-16(21-2)12-17(10-13)22-3/h4-5,7-12,19H,6H2,1-3H3/b5-4+. The molecule has 0 aliphatic heterocycles. The highest BCUT2D eigenvalue weighted by molar-refractivity contribution is 5.56. The topological polar surface area (TPSA) is 47.9 Å². The summed E-state index contributed by atoms with van der Waals surface area (Å²) in [5.41, 5.74) is 1.78. The summed E-state index contributed by atoms with van der Waals surface area (Å²) >= 11 is 0. The molecule has 0 aromatic heterocycles. The van der Waals surface area contributed by atoms with E-state index in [2.05, 4.69) is 0 Å². The Balaban J connectivity index is 2.15. The van der Waals surface area contributed by atoms with Crippen LogP contribution in [0, 0.1) is 0 Å². The van der Waals surface area contributed by atoms with Gasteiger partial charge in [0.15, 0.2) is 0 Å². The van der Waals surface area contributed by atoms with Gasteiger partial charge in [-0.15, -0.1) is 0 Å². The third-order valence-corrected chi connectivity index (χ3v) is 3.31. The Bertz CT molecular complexity index is 640. The van der Waals surface area contributed by atoms with E-state index in [1.54, 1.807) is 33.5 Å². The summed E-state index contributed by atoms with van der Waals surface area (Å²) in [4.78, 5) is 0. The van der Waals surface area contributed by atoms with Crippen LogP contribution >= 0.6 is 0 Å². The monoisotopic (exact) mass is 300 g/mol. The summed E-state index contributed by atoms with van der Waals surface area (Å²) in [7, 11) is 4.85. The van der Waals surface area contributed by atoms with Gasteiger partial charge in [-0.05, 0) is 42.3 Å². The molecule has 0 fully saturated rings. The molecule has 4 nitrogen and oxygen atoms in total. The lowest BCUT2D eigenvalue weighted by Gasteiger charge is -2.06. The molecule has 2 aromatic carbocycles. The molecule has 1 N–H and O–H groups in total. The van der Waals surface area contributed by atoms with Gasteiger partial charge < -0.3 is 19.3 Å². The Morgan fingerprint density at radius 3 is 2.09 bits per heavy atom. The molecule has 2 rings (SSSR count). The third kappa shape index (κ3) is 3.95. The zero-order valence-corrected chi connectivity index (χ0v) is 13.0. The number of hydrogen-bond acceptors (Lipinski definition) is 4. The number of benzene rings is 2. The van der Waals surface area contributed by atoms with E-state index in [1.807, 2.05) is 36.4 Å². The fourth-order valence-corrected chi connectivity index (χ4v) is 2.10. The molecular weight excluding hydrogens is 280 g/mol. The molecule has 0 saturated carbocycles. The largest absolute Gasteiger partial charge is 0.508 e. The van der Waals surface area contributed by atoms with Crippen LogP contribution in [0.25, 0.3) is 6.08 Å². The van der Waals surface area contributed by atoms with Crippen molar-refractivity contribution in [3.63, 3.8) is 0 Å². The van der Waals surface area contributed by atoms with Gasteiger partial charge in [0.05, 0.1) is 21.3 Å². The smallest absolute Gasteiger partial charge is 0.123 e. The second-order valence-corrected chi connectivity index (χ2v) is 4.75. The lowest BCUT2D eigenvalue weighted by Crippen LogP contribution is -1.89. The van der Waals surface area contributed by atoms with Gasteiger partial charge in [-0.1, -0.05) is 12.2 Å². The molecular formula is C18H20O4. The molecule has 0 aliphatic rings. The third-order valence-electron chi connectivity index (χ3n) is 3.31. The lowest BCUT2D eigenvalue weighted by molar-refractivity contribution is 0.394. The number of rotatable bonds is 6. The maximum Gasteiger partial charge on any atom is 0.123 e. The van der Waals surface area contributed by atoms with E-state index >= 15 is 0 Å². The first-order valence-electron chi connectivity index (χ1n) is 6.91. The van der Waals surface area contributed by atoms with Gasteiger partial charge in [-0.3, -0.25) is 0 Å². The molecule has 4 heteroatoms. The van der Waals surface area contributed by atoms with Crippen molar-refractivity contribution in [1.29, 1.82) is 0 Å². The second kappa shape index (κ2) is 7.41. The fraction of sp³-hybridized carbons (Fsp3) is 0.222. The Morgan fingerprint density at radius 1 is 0.864 bits per heavy atom. The number of hydrogen-bond donors (Lipinski definition) is 1. The maximum atomic E-state index is 9.86. The van der Waals surface area contributed by atoms with Crippen molar-refractivity contribution < 1.29 is 19.3 Å². The van der Waals surface area contributed by atoms with Crippen LogP contribution in [0.15, 0.2) is 42.5 Å². The summed E-state index contributed by atoms with van der Waals surface area (Å²) < 4.78 is 15.6. The van der Waals surface area contributed by atoms with Crippen LogP contribution in [-0.2, 0) is 6.42 Å². The molecule has 0 atom stereocenters. The number of allylic oxidation sites excluding steroid dienone is 1. The minimum atomic E-state index is 0.258. The number of aromatic hydroxyl groups is 1. The molecule has 0 aliphatic carbocycles.